The highest BCUT2D eigenvalue weighted by atomic mass is 32.2. The Morgan fingerprint density at radius 2 is 1.89 bits per heavy atom. The number of rotatable bonds is 3. The molecule has 0 N–H and O–H groups in total. The van der Waals surface area contributed by atoms with E-state index < -0.39 is 0 Å². The summed E-state index contributed by atoms with van der Waals surface area (Å²) in [6.07, 6.45) is 0.578. The van der Waals surface area contributed by atoms with Gasteiger partial charge in [-0.1, -0.05) is 44.2 Å². The van der Waals surface area contributed by atoms with Gasteiger partial charge in [-0.2, -0.15) is 17.0 Å². The number of nitrogens with zero attached hydrogens (tertiary/aromatic N) is 2. The Morgan fingerprint density at radius 3 is 2.44 bits per heavy atom. The first-order valence-corrected chi connectivity index (χ1v) is 7.46. The molecule has 1 saturated heterocycles. The molecule has 1 aromatic carbocycles. The van der Waals surface area contributed by atoms with Crippen molar-refractivity contribution in [1.29, 1.82) is 5.26 Å². The number of benzene rings is 1. The zero-order valence-corrected chi connectivity index (χ0v) is 11.9. The minimum Gasteiger partial charge on any atom is -0.293 e. The Balaban J connectivity index is 2.17. The lowest BCUT2D eigenvalue weighted by Gasteiger charge is -2.39. The Labute approximate surface area is 114 Å². The van der Waals surface area contributed by atoms with E-state index in [1.807, 2.05) is 6.07 Å². The van der Waals surface area contributed by atoms with Gasteiger partial charge in [0, 0.05) is 29.6 Å². The number of thioether (sulfide) groups is 1. The molecule has 2 nitrogen and oxygen atoms in total. The maximum atomic E-state index is 9.08. The third kappa shape index (κ3) is 3.28. The minimum atomic E-state index is 0.252. The van der Waals surface area contributed by atoms with Gasteiger partial charge in [-0.05, 0) is 5.56 Å². The number of hydrogen-bond acceptors (Lipinski definition) is 3. The van der Waals surface area contributed by atoms with Gasteiger partial charge in [-0.3, -0.25) is 4.90 Å². The summed E-state index contributed by atoms with van der Waals surface area (Å²) in [7, 11) is 0. The van der Waals surface area contributed by atoms with Crippen molar-refractivity contribution in [3.63, 3.8) is 0 Å². The first-order chi connectivity index (χ1) is 8.70. The molecule has 0 saturated carbocycles. The van der Waals surface area contributed by atoms with E-state index in [1.165, 1.54) is 5.56 Å². The van der Waals surface area contributed by atoms with Crippen LogP contribution in [0, 0.1) is 11.3 Å². The Kier molecular flexibility index (Phi) is 4.68. The number of nitriles is 1. The average molecular weight is 260 g/mol. The fourth-order valence-electron chi connectivity index (χ4n) is 2.69. The van der Waals surface area contributed by atoms with Gasteiger partial charge >= 0.3 is 0 Å². The van der Waals surface area contributed by atoms with Gasteiger partial charge in [-0.25, -0.2) is 0 Å². The van der Waals surface area contributed by atoms with Crippen LogP contribution < -0.4 is 0 Å². The predicted octanol–water partition coefficient (Wildman–Crippen LogP) is 3.47. The second-order valence-electron chi connectivity index (χ2n) is 5.00. The molecule has 0 amide bonds. The summed E-state index contributed by atoms with van der Waals surface area (Å²) in [4.78, 5) is 2.48. The molecule has 2 rings (SSSR count). The van der Waals surface area contributed by atoms with Crippen LogP contribution in [0.5, 0.6) is 0 Å². The molecule has 3 atom stereocenters. The van der Waals surface area contributed by atoms with Crippen molar-refractivity contribution in [3.8, 4) is 6.07 Å². The molecule has 0 aromatic heterocycles. The smallest absolute Gasteiger partial charge is 0.0641 e. The number of hydrogen-bond donors (Lipinski definition) is 0. The van der Waals surface area contributed by atoms with Crippen LogP contribution >= 0.6 is 11.8 Å². The van der Waals surface area contributed by atoms with E-state index in [0.717, 1.165) is 13.1 Å². The van der Waals surface area contributed by atoms with Crippen LogP contribution in [0.1, 0.15) is 31.9 Å². The molecule has 0 spiro atoms. The topological polar surface area (TPSA) is 27.0 Å². The fraction of sp³-hybridized carbons (Fsp3) is 0.533. The van der Waals surface area contributed by atoms with Gasteiger partial charge in [0.2, 0.25) is 0 Å². The first-order valence-electron chi connectivity index (χ1n) is 6.52. The molecule has 18 heavy (non-hydrogen) atoms. The molecule has 3 heteroatoms. The van der Waals surface area contributed by atoms with Crippen LogP contribution in [0.25, 0.3) is 0 Å². The van der Waals surface area contributed by atoms with Gasteiger partial charge in [0.25, 0.3) is 0 Å². The highest BCUT2D eigenvalue weighted by Gasteiger charge is 2.28. The summed E-state index contributed by atoms with van der Waals surface area (Å²) in [5, 5.41) is 10.4. The summed E-state index contributed by atoms with van der Waals surface area (Å²) >= 11 is 2.05. The summed E-state index contributed by atoms with van der Waals surface area (Å²) in [5.41, 5.74) is 1.27. The molecule has 1 fully saturated rings. The SMILES string of the molecule is CC1CN(C(CC#N)c2ccccc2)CC(C)S1. The molecule has 0 radical (unpaired) electrons. The maximum Gasteiger partial charge on any atom is 0.0641 e. The van der Waals surface area contributed by atoms with Crippen LogP contribution in [0.4, 0.5) is 0 Å². The highest BCUT2D eigenvalue weighted by Crippen LogP contribution is 2.32. The van der Waals surface area contributed by atoms with E-state index in [9.17, 15) is 0 Å². The quantitative estimate of drug-likeness (QED) is 0.832. The molecule has 3 unspecified atom stereocenters. The molecule has 1 aliphatic heterocycles. The fourth-order valence-corrected chi connectivity index (χ4v) is 4.04. The molecular formula is C15H20N2S. The van der Waals surface area contributed by atoms with Gasteiger partial charge in [-0.15, -0.1) is 0 Å². The first kappa shape index (κ1) is 13.5. The molecule has 0 aliphatic carbocycles. The van der Waals surface area contributed by atoms with Crippen molar-refractivity contribution in [2.45, 2.75) is 36.8 Å². The van der Waals surface area contributed by atoms with Crippen LogP contribution in [-0.4, -0.2) is 28.5 Å². The summed E-state index contributed by atoms with van der Waals surface area (Å²) in [6.45, 7) is 6.72. The van der Waals surface area contributed by atoms with Gasteiger partial charge in [0.1, 0.15) is 0 Å². The van der Waals surface area contributed by atoms with Crippen molar-refractivity contribution >= 4 is 11.8 Å². The Bertz CT molecular complexity index is 402. The predicted molar refractivity (Wildman–Crippen MR) is 77.5 cm³/mol. The third-order valence-corrected chi connectivity index (χ3v) is 4.58. The van der Waals surface area contributed by atoms with E-state index in [-0.39, 0.29) is 6.04 Å². The average Bonchev–Trinajstić information content (AvgIpc) is 2.36. The van der Waals surface area contributed by atoms with E-state index in [2.05, 4.69) is 60.8 Å². The van der Waals surface area contributed by atoms with Crippen LogP contribution in [0.15, 0.2) is 30.3 Å². The van der Waals surface area contributed by atoms with Crippen molar-refractivity contribution in [2.75, 3.05) is 13.1 Å². The van der Waals surface area contributed by atoms with E-state index in [1.54, 1.807) is 0 Å². The van der Waals surface area contributed by atoms with Gasteiger partial charge in [0.15, 0.2) is 0 Å². The second kappa shape index (κ2) is 6.26. The lowest BCUT2D eigenvalue weighted by Crippen LogP contribution is -2.42. The van der Waals surface area contributed by atoms with E-state index in [4.69, 9.17) is 5.26 Å². The standard InChI is InChI=1S/C15H20N2S/c1-12-10-17(11-13(2)18-12)15(8-9-16)14-6-4-3-5-7-14/h3-7,12-13,15H,8,10-11H2,1-2H3. The zero-order chi connectivity index (χ0) is 13.0. The summed E-state index contributed by atoms with van der Waals surface area (Å²) < 4.78 is 0. The Hall–Kier alpha value is -0.980. The second-order valence-corrected chi connectivity index (χ2v) is 6.88. The van der Waals surface area contributed by atoms with Gasteiger partial charge in [0.05, 0.1) is 12.5 Å². The Morgan fingerprint density at radius 1 is 1.28 bits per heavy atom. The lowest BCUT2D eigenvalue weighted by molar-refractivity contribution is 0.197. The largest absolute Gasteiger partial charge is 0.293 e. The lowest BCUT2D eigenvalue weighted by atomic mass is 10.0. The van der Waals surface area contributed by atoms with Crippen molar-refractivity contribution in [1.82, 2.24) is 4.90 Å². The van der Waals surface area contributed by atoms with E-state index in [0.29, 0.717) is 16.9 Å². The minimum absolute atomic E-state index is 0.252. The molecule has 1 aromatic rings. The summed E-state index contributed by atoms with van der Waals surface area (Å²) in [6, 6.07) is 13.0. The van der Waals surface area contributed by atoms with Crippen LogP contribution in [0.3, 0.4) is 0 Å². The molecular weight excluding hydrogens is 240 g/mol. The monoisotopic (exact) mass is 260 g/mol. The van der Waals surface area contributed by atoms with Crippen LogP contribution in [0.2, 0.25) is 0 Å². The highest BCUT2D eigenvalue weighted by molar-refractivity contribution is 8.00. The van der Waals surface area contributed by atoms with Crippen molar-refractivity contribution in [2.24, 2.45) is 0 Å². The van der Waals surface area contributed by atoms with Crippen LogP contribution in [-0.2, 0) is 0 Å². The summed E-state index contributed by atoms with van der Waals surface area (Å²) in [5.74, 6) is 0. The molecule has 0 bridgehead atoms. The third-order valence-electron chi connectivity index (χ3n) is 3.36. The molecule has 96 valence electrons. The zero-order valence-electron chi connectivity index (χ0n) is 11.0. The van der Waals surface area contributed by atoms with E-state index >= 15 is 0 Å². The molecule has 1 aliphatic rings. The normalized spacial score (nSPS) is 26.5. The van der Waals surface area contributed by atoms with Crippen molar-refractivity contribution in [3.05, 3.63) is 35.9 Å². The maximum absolute atomic E-state index is 9.08. The molecule has 1 heterocycles. The van der Waals surface area contributed by atoms with Crippen molar-refractivity contribution < 1.29 is 0 Å². The van der Waals surface area contributed by atoms with Gasteiger partial charge < -0.3 is 0 Å².